The molecule has 3 heteroatoms. The number of fused-ring (bicyclic) bond motifs is 1. The van der Waals surface area contributed by atoms with Crippen LogP contribution >= 0.6 is 15.9 Å². The largest absolute Gasteiger partial charge is 0.298 e. The Morgan fingerprint density at radius 2 is 2.00 bits per heavy atom. The molecule has 0 aliphatic heterocycles. The highest BCUT2D eigenvalue weighted by molar-refractivity contribution is 9.09. The summed E-state index contributed by atoms with van der Waals surface area (Å²) >= 11 is 3.23. The quantitative estimate of drug-likeness (QED) is 0.809. The standard InChI is InChI=1S/C15H14BrNO/c16-9-15(18)12-7-11(8-12)14-6-5-10-3-1-2-4-13(10)17-14/h1-6,11-12H,7-9H2/t11-,12-. The van der Waals surface area contributed by atoms with Crippen molar-refractivity contribution in [3.63, 3.8) is 0 Å². The molecule has 2 nitrogen and oxygen atoms in total. The molecule has 0 spiro atoms. The van der Waals surface area contributed by atoms with Gasteiger partial charge in [-0.1, -0.05) is 40.2 Å². The predicted molar refractivity (Wildman–Crippen MR) is 76.0 cm³/mol. The van der Waals surface area contributed by atoms with E-state index in [4.69, 9.17) is 4.98 Å². The van der Waals surface area contributed by atoms with Crippen molar-refractivity contribution in [2.24, 2.45) is 5.92 Å². The maximum atomic E-state index is 11.5. The molecule has 1 aliphatic carbocycles. The van der Waals surface area contributed by atoms with Gasteiger partial charge in [0.15, 0.2) is 0 Å². The molecule has 92 valence electrons. The van der Waals surface area contributed by atoms with Crippen LogP contribution in [0.2, 0.25) is 0 Å². The Morgan fingerprint density at radius 3 is 2.78 bits per heavy atom. The molecule has 0 radical (unpaired) electrons. The van der Waals surface area contributed by atoms with Gasteiger partial charge < -0.3 is 0 Å². The van der Waals surface area contributed by atoms with E-state index < -0.39 is 0 Å². The van der Waals surface area contributed by atoms with Gasteiger partial charge in [0.05, 0.1) is 10.8 Å². The molecule has 1 saturated carbocycles. The molecule has 2 aromatic rings. The molecule has 1 aromatic heterocycles. The minimum absolute atomic E-state index is 0.239. The first kappa shape index (κ1) is 11.8. The van der Waals surface area contributed by atoms with Crippen molar-refractivity contribution in [2.75, 3.05) is 5.33 Å². The van der Waals surface area contributed by atoms with E-state index in [1.165, 1.54) is 5.39 Å². The summed E-state index contributed by atoms with van der Waals surface area (Å²) in [5.41, 5.74) is 2.18. The van der Waals surface area contributed by atoms with Crippen molar-refractivity contribution < 1.29 is 4.79 Å². The zero-order valence-electron chi connectivity index (χ0n) is 9.97. The monoisotopic (exact) mass is 303 g/mol. The van der Waals surface area contributed by atoms with E-state index in [2.05, 4.69) is 34.1 Å². The number of nitrogens with zero attached hydrogens (tertiary/aromatic N) is 1. The van der Waals surface area contributed by atoms with E-state index >= 15 is 0 Å². The van der Waals surface area contributed by atoms with Crippen LogP contribution < -0.4 is 0 Å². The van der Waals surface area contributed by atoms with Crippen LogP contribution in [0.4, 0.5) is 0 Å². The Labute approximate surface area is 115 Å². The Hall–Kier alpha value is -1.22. The summed E-state index contributed by atoms with van der Waals surface area (Å²) < 4.78 is 0. The van der Waals surface area contributed by atoms with Gasteiger partial charge in [-0.05, 0) is 25.0 Å². The van der Waals surface area contributed by atoms with Crippen molar-refractivity contribution in [3.8, 4) is 0 Å². The molecule has 0 amide bonds. The summed E-state index contributed by atoms with van der Waals surface area (Å²) in [7, 11) is 0. The number of hydrogen-bond donors (Lipinski definition) is 0. The molecule has 3 rings (SSSR count). The molecule has 0 N–H and O–H groups in total. The number of pyridine rings is 1. The van der Waals surface area contributed by atoms with Crippen LogP contribution in [0.15, 0.2) is 36.4 Å². The Bertz CT molecular complexity index is 590. The highest BCUT2D eigenvalue weighted by Gasteiger charge is 2.35. The van der Waals surface area contributed by atoms with E-state index in [1.807, 2.05) is 18.2 Å². The zero-order valence-corrected chi connectivity index (χ0v) is 11.6. The topological polar surface area (TPSA) is 30.0 Å². The van der Waals surface area contributed by atoms with Gasteiger partial charge in [0.1, 0.15) is 5.78 Å². The fourth-order valence-electron chi connectivity index (χ4n) is 2.54. The minimum Gasteiger partial charge on any atom is -0.298 e. The first-order valence-electron chi connectivity index (χ1n) is 6.22. The second kappa shape index (κ2) is 4.81. The fraction of sp³-hybridized carbons (Fsp3) is 0.333. The molecule has 1 aliphatic rings. The van der Waals surface area contributed by atoms with Crippen LogP contribution in [0, 0.1) is 5.92 Å². The first-order valence-corrected chi connectivity index (χ1v) is 7.34. The van der Waals surface area contributed by atoms with Gasteiger partial charge >= 0.3 is 0 Å². The molecule has 18 heavy (non-hydrogen) atoms. The lowest BCUT2D eigenvalue weighted by molar-refractivity contribution is -0.123. The molecule has 0 unspecified atom stereocenters. The fourth-order valence-corrected chi connectivity index (χ4v) is 3.00. The minimum atomic E-state index is 0.239. The van der Waals surface area contributed by atoms with Gasteiger partial charge in [-0.25, -0.2) is 0 Å². The summed E-state index contributed by atoms with van der Waals surface area (Å²) in [6, 6.07) is 12.4. The number of halogens is 1. The van der Waals surface area contributed by atoms with Gasteiger partial charge in [0, 0.05) is 22.9 Å². The number of rotatable bonds is 3. The van der Waals surface area contributed by atoms with E-state index in [0.717, 1.165) is 24.1 Å². The smallest absolute Gasteiger partial charge is 0.146 e. The highest BCUT2D eigenvalue weighted by Crippen LogP contribution is 2.41. The molecule has 0 saturated heterocycles. The summed E-state index contributed by atoms with van der Waals surface area (Å²) in [5, 5.41) is 1.66. The Balaban J connectivity index is 1.78. The first-order chi connectivity index (χ1) is 8.78. The Kier molecular flexibility index (Phi) is 3.16. The SMILES string of the molecule is O=C(CBr)[C@H]1C[C@H](c2ccc3ccccc3n2)C1. The molecule has 0 bridgehead atoms. The third-order valence-corrected chi connectivity index (χ3v) is 4.32. The lowest BCUT2D eigenvalue weighted by atomic mass is 9.71. The van der Waals surface area contributed by atoms with Crippen molar-refractivity contribution in [1.82, 2.24) is 4.98 Å². The predicted octanol–water partition coefficient (Wildman–Crippen LogP) is 3.69. The number of alkyl halides is 1. The lowest BCUT2D eigenvalue weighted by Gasteiger charge is -2.33. The second-order valence-electron chi connectivity index (χ2n) is 4.89. The highest BCUT2D eigenvalue weighted by atomic mass is 79.9. The maximum absolute atomic E-state index is 11.5. The lowest BCUT2D eigenvalue weighted by Crippen LogP contribution is -2.30. The van der Waals surface area contributed by atoms with E-state index in [9.17, 15) is 4.79 Å². The van der Waals surface area contributed by atoms with Crippen molar-refractivity contribution in [1.29, 1.82) is 0 Å². The molecular formula is C15H14BrNO. The van der Waals surface area contributed by atoms with Gasteiger partial charge in [0.2, 0.25) is 0 Å². The second-order valence-corrected chi connectivity index (χ2v) is 5.45. The van der Waals surface area contributed by atoms with Crippen LogP contribution in [0.25, 0.3) is 10.9 Å². The van der Waals surface area contributed by atoms with Gasteiger partial charge in [0.25, 0.3) is 0 Å². The van der Waals surface area contributed by atoms with Gasteiger partial charge in [-0.3, -0.25) is 9.78 Å². The Morgan fingerprint density at radius 1 is 1.22 bits per heavy atom. The molecule has 1 aromatic carbocycles. The average Bonchev–Trinajstić information content (AvgIpc) is 2.36. The average molecular weight is 304 g/mol. The van der Waals surface area contributed by atoms with E-state index in [0.29, 0.717) is 17.0 Å². The van der Waals surface area contributed by atoms with E-state index in [1.54, 1.807) is 0 Å². The summed E-state index contributed by atoms with van der Waals surface area (Å²) in [5.74, 6) is 1.03. The van der Waals surface area contributed by atoms with Crippen LogP contribution in [-0.4, -0.2) is 16.1 Å². The van der Waals surface area contributed by atoms with Crippen molar-refractivity contribution >= 4 is 32.6 Å². The van der Waals surface area contributed by atoms with Crippen LogP contribution in [0.5, 0.6) is 0 Å². The molecule has 0 atom stereocenters. The van der Waals surface area contributed by atoms with Crippen LogP contribution in [-0.2, 0) is 4.79 Å². The summed E-state index contributed by atoms with van der Waals surface area (Å²) in [4.78, 5) is 16.2. The number of aromatic nitrogens is 1. The molecule has 1 fully saturated rings. The number of Topliss-reactive ketones (excluding diaryl/α,β-unsaturated/α-hetero) is 1. The van der Waals surface area contributed by atoms with Gasteiger partial charge in [-0.15, -0.1) is 0 Å². The molecule has 1 heterocycles. The zero-order chi connectivity index (χ0) is 12.5. The van der Waals surface area contributed by atoms with Crippen LogP contribution in [0.1, 0.15) is 24.5 Å². The number of para-hydroxylation sites is 1. The summed E-state index contributed by atoms with van der Waals surface area (Å²) in [6.07, 6.45) is 1.91. The summed E-state index contributed by atoms with van der Waals surface area (Å²) in [6.45, 7) is 0. The maximum Gasteiger partial charge on any atom is 0.146 e. The van der Waals surface area contributed by atoms with Gasteiger partial charge in [-0.2, -0.15) is 0 Å². The third kappa shape index (κ3) is 2.07. The normalized spacial score (nSPS) is 22.7. The number of carbonyl (C=O) groups is 1. The van der Waals surface area contributed by atoms with E-state index in [-0.39, 0.29) is 5.92 Å². The number of hydrogen-bond acceptors (Lipinski definition) is 2. The number of ketones is 1. The van der Waals surface area contributed by atoms with Crippen molar-refractivity contribution in [2.45, 2.75) is 18.8 Å². The van der Waals surface area contributed by atoms with Crippen molar-refractivity contribution in [3.05, 3.63) is 42.1 Å². The molecular weight excluding hydrogens is 290 g/mol. The van der Waals surface area contributed by atoms with Crippen LogP contribution in [0.3, 0.4) is 0 Å². The number of carbonyl (C=O) groups excluding carboxylic acids is 1. The number of benzene rings is 1. The third-order valence-electron chi connectivity index (χ3n) is 3.76.